The molecule has 77 heavy (non-hydrogen) atoms. The molecule has 12 heteroatoms. The van der Waals surface area contributed by atoms with Gasteiger partial charge in [0, 0.05) is 19.3 Å². The van der Waals surface area contributed by atoms with Crippen molar-refractivity contribution in [3.8, 4) is 0 Å². The molecular weight excluding hydrogens is 973 g/mol. The summed E-state index contributed by atoms with van der Waals surface area (Å²) in [5.74, 6) is -3.16. The number of aliphatic hydroxyl groups is 2. The zero-order chi connectivity index (χ0) is 56.1. The second-order valence-corrected chi connectivity index (χ2v) is 21.0. The lowest BCUT2D eigenvalue weighted by molar-refractivity contribution is -0.301. The number of rotatable bonds is 52. The summed E-state index contributed by atoms with van der Waals surface area (Å²) in [6.07, 6.45) is 54.5. The second-order valence-electron chi connectivity index (χ2n) is 21.0. The van der Waals surface area contributed by atoms with Crippen LogP contribution in [-0.2, 0) is 42.9 Å². The lowest BCUT2D eigenvalue weighted by atomic mass is 9.98. The van der Waals surface area contributed by atoms with Gasteiger partial charge in [0.05, 0.1) is 6.61 Å². The molecule has 1 heterocycles. The second kappa shape index (κ2) is 52.8. The number of carbonyl (C=O) groups is 4. The monoisotopic (exact) mass is 1080 g/mol. The van der Waals surface area contributed by atoms with Crippen molar-refractivity contribution in [2.75, 3.05) is 13.2 Å². The lowest BCUT2D eigenvalue weighted by Gasteiger charge is -2.40. The Labute approximate surface area is 468 Å². The summed E-state index contributed by atoms with van der Waals surface area (Å²) in [6.45, 7) is 5.83. The minimum Gasteiger partial charge on any atom is -0.479 e. The topological polar surface area (TPSA) is 175 Å². The molecule has 0 amide bonds. The third-order valence-electron chi connectivity index (χ3n) is 13.8. The van der Waals surface area contributed by atoms with Gasteiger partial charge in [0.15, 0.2) is 24.6 Å². The molecule has 0 spiro atoms. The van der Waals surface area contributed by atoms with Crippen LogP contribution in [0.4, 0.5) is 0 Å². The number of carboxylic acids is 1. The molecule has 0 radical (unpaired) electrons. The predicted octanol–water partition coefficient (Wildman–Crippen LogP) is 16.1. The number of aliphatic carboxylic acids is 1. The molecular formula is C65H110O12. The van der Waals surface area contributed by atoms with Gasteiger partial charge in [-0.3, -0.25) is 14.4 Å². The molecule has 1 saturated heterocycles. The van der Waals surface area contributed by atoms with Gasteiger partial charge in [0.25, 0.3) is 0 Å². The van der Waals surface area contributed by atoms with Gasteiger partial charge in [0.1, 0.15) is 18.8 Å². The number of ether oxygens (including phenoxy) is 5. The summed E-state index contributed by atoms with van der Waals surface area (Å²) in [7, 11) is 0. The summed E-state index contributed by atoms with van der Waals surface area (Å²) in [5.41, 5.74) is 0. The molecule has 0 saturated carbocycles. The highest BCUT2D eigenvalue weighted by Crippen LogP contribution is 2.26. The van der Waals surface area contributed by atoms with Gasteiger partial charge in [-0.05, 0) is 89.9 Å². The van der Waals surface area contributed by atoms with Crippen LogP contribution in [0.15, 0.2) is 72.9 Å². The molecule has 1 rings (SSSR count). The molecule has 0 bridgehead atoms. The largest absolute Gasteiger partial charge is 0.479 e. The fourth-order valence-corrected chi connectivity index (χ4v) is 9.04. The Hall–Kier alpha value is -3.84. The molecule has 0 aromatic carbocycles. The average molecular weight is 1080 g/mol. The first-order valence-electron chi connectivity index (χ1n) is 30.9. The number of allylic oxidation sites excluding steroid dienone is 12. The van der Waals surface area contributed by atoms with Crippen molar-refractivity contribution in [1.82, 2.24) is 0 Å². The van der Waals surface area contributed by atoms with E-state index in [2.05, 4.69) is 93.7 Å². The van der Waals surface area contributed by atoms with E-state index in [1.165, 1.54) is 103 Å². The third-order valence-corrected chi connectivity index (χ3v) is 13.8. The molecule has 0 aromatic heterocycles. The summed E-state index contributed by atoms with van der Waals surface area (Å²) in [6, 6.07) is 0. The zero-order valence-electron chi connectivity index (χ0n) is 48.7. The molecule has 12 nitrogen and oxygen atoms in total. The first-order valence-corrected chi connectivity index (χ1v) is 30.9. The van der Waals surface area contributed by atoms with E-state index in [-0.39, 0.29) is 25.9 Å². The number of hydrogen-bond donors (Lipinski definition) is 3. The quantitative estimate of drug-likeness (QED) is 0.0228. The van der Waals surface area contributed by atoms with Crippen LogP contribution < -0.4 is 0 Å². The highest BCUT2D eigenvalue weighted by atomic mass is 16.7. The van der Waals surface area contributed by atoms with Crippen LogP contribution in [0, 0.1) is 0 Å². The van der Waals surface area contributed by atoms with E-state index in [1.54, 1.807) is 0 Å². The molecule has 6 atom stereocenters. The summed E-state index contributed by atoms with van der Waals surface area (Å²) in [5, 5.41) is 31.5. The highest BCUT2D eigenvalue weighted by Gasteiger charge is 2.50. The van der Waals surface area contributed by atoms with Crippen molar-refractivity contribution in [3.05, 3.63) is 72.9 Å². The molecule has 1 aliphatic heterocycles. The third kappa shape index (κ3) is 42.7. The number of carbonyl (C=O) groups excluding carboxylic acids is 3. The van der Waals surface area contributed by atoms with Crippen LogP contribution in [0.2, 0.25) is 0 Å². The lowest BCUT2D eigenvalue weighted by Crippen LogP contribution is -2.61. The molecule has 0 aromatic rings. The Bertz CT molecular complexity index is 1620. The Morgan fingerprint density at radius 3 is 1.27 bits per heavy atom. The number of carboxylic acid groups (broad SMARTS) is 1. The van der Waals surface area contributed by atoms with Gasteiger partial charge in [-0.1, -0.05) is 229 Å². The van der Waals surface area contributed by atoms with E-state index in [0.717, 1.165) is 103 Å². The van der Waals surface area contributed by atoms with Crippen molar-refractivity contribution < 1.29 is 58.2 Å². The van der Waals surface area contributed by atoms with E-state index >= 15 is 0 Å². The summed E-state index contributed by atoms with van der Waals surface area (Å²) >= 11 is 0. The van der Waals surface area contributed by atoms with Crippen LogP contribution in [0.1, 0.15) is 265 Å². The molecule has 6 unspecified atom stereocenters. The van der Waals surface area contributed by atoms with Gasteiger partial charge >= 0.3 is 23.9 Å². The van der Waals surface area contributed by atoms with E-state index in [9.17, 15) is 34.5 Å². The Balaban J connectivity index is 2.63. The molecule has 0 aliphatic carbocycles. The van der Waals surface area contributed by atoms with Crippen molar-refractivity contribution in [2.45, 2.75) is 302 Å². The number of hydrogen-bond acceptors (Lipinski definition) is 11. The molecule has 1 aliphatic rings. The van der Waals surface area contributed by atoms with E-state index < -0.39 is 67.3 Å². The Morgan fingerprint density at radius 2 is 0.818 bits per heavy atom. The minimum absolute atomic E-state index is 0.0548. The van der Waals surface area contributed by atoms with Crippen molar-refractivity contribution in [3.63, 3.8) is 0 Å². The van der Waals surface area contributed by atoms with Crippen LogP contribution in [0.3, 0.4) is 0 Å². The normalized spacial score (nSPS) is 18.5. The summed E-state index contributed by atoms with van der Waals surface area (Å²) < 4.78 is 28.4. The maximum atomic E-state index is 13.1. The smallest absolute Gasteiger partial charge is 0.335 e. The fourth-order valence-electron chi connectivity index (χ4n) is 9.04. The average Bonchev–Trinajstić information content (AvgIpc) is 3.42. The van der Waals surface area contributed by atoms with E-state index in [1.807, 2.05) is 0 Å². The van der Waals surface area contributed by atoms with Crippen LogP contribution >= 0.6 is 0 Å². The van der Waals surface area contributed by atoms with E-state index in [0.29, 0.717) is 19.3 Å². The molecule has 3 N–H and O–H groups in total. The van der Waals surface area contributed by atoms with Gasteiger partial charge in [-0.2, -0.15) is 0 Å². The van der Waals surface area contributed by atoms with Gasteiger partial charge in [-0.25, -0.2) is 4.79 Å². The number of esters is 3. The summed E-state index contributed by atoms with van der Waals surface area (Å²) in [4.78, 5) is 51.1. The van der Waals surface area contributed by atoms with E-state index in [4.69, 9.17) is 23.7 Å². The Kier molecular flexibility index (Phi) is 48.8. The predicted molar refractivity (Wildman–Crippen MR) is 312 cm³/mol. The first-order chi connectivity index (χ1) is 37.6. The minimum atomic E-state index is -1.91. The SMILES string of the molecule is CC/C=C\C/C=C\C/C=C\C/C=C\C/C=C\CCCCCC(=O)OCC(COC1OC(C(=O)O)C(O)C(O)C1OC(=O)CCCCCCCCCCC/C=C\CCCCCCCC)OC(=O)CCCCCCCCCCC. The van der Waals surface area contributed by atoms with Crippen LogP contribution in [0.25, 0.3) is 0 Å². The maximum Gasteiger partial charge on any atom is 0.335 e. The van der Waals surface area contributed by atoms with Gasteiger partial charge in [-0.15, -0.1) is 0 Å². The van der Waals surface area contributed by atoms with Gasteiger partial charge < -0.3 is 39.0 Å². The number of aliphatic hydroxyl groups excluding tert-OH is 2. The van der Waals surface area contributed by atoms with Crippen LogP contribution in [0.5, 0.6) is 0 Å². The zero-order valence-corrected chi connectivity index (χ0v) is 48.7. The van der Waals surface area contributed by atoms with Crippen molar-refractivity contribution >= 4 is 23.9 Å². The van der Waals surface area contributed by atoms with Crippen LogP contribution in [-0.4, -0.2) is 89.2 Å². The molecule has 442 valence electrons. The number of unbranched alkanes of at least 4 members (excludes halogenated alkanes) is 26. The highest BCUT2D eigenvalue weighted by molar-refractivity contribution is 5.74. The standard InChI is InChI=1S/C65H110O12/c1-4-7-10-13-16-19-21-23-25-27-29-31-33-35-37-40-42-45-48-51-57(66)73-54-56(75-58(67)52-49-46-43-39-18-15-12-9-6-3)55-74-65-63(61(70)60(69)62(77-65)64(71)72)76-59(68)53-50-47-44-41-38-36-34-32-30-28-26-24-22-20-17-14-11-8-5-2/h7,10,16,19,23-26,29,31,35,37,56,60-63,65,69-70H,4-6,8-9,11-15,17-18,20-22,27-28,30,32-34,36,38-55H2,1-3H3,(H,71,72)/b10-7-,19-16-,25-23-,26-24-,31-29-,37-35-. The Morgan fingerprint density at radius 1 is 0.442 bits per heavy atom. The maximum absolute atomic E-state index is 13.1. The van der Waals surface area contributed by atoms with Gasteiger partial charge in [0.2, 0.25) is 0 Å². The fraction of sp³-hybridized carbons (Fsp3) is 0.754. The molecule has 1 fully saturated rings. The van der Waals surface area contributed by atoms with Crippen molar-refractivity contribution in [2.24, 2.45) is 0 Å². The first kappa shape index (κ1) is 71.2. The van der Waals surface area contributed by atoms with Crippen molar-refractivity contribution in [1.29, 1.82) is 0 Å².